The molecule has 0 bridgehead atoms. The zero-order valence-electron chi connectivity index (χ0n) is 14.0. The van der Waals surface area contributed by atoms with Crippen LogP contribution in [0.4, 0.5) is 23.1 Å². The van der Waals surface area contributed by atoms with Gasteiger partial charge in [-0.2, -0.15) is 10.1 Å². The van der Waals surface area contributed by atoms with Crippen molar-refractivity contribution in [2.45, 2.75) is 0 Å². The van der Waals surface area contributed by atoms with Crippen LogP contribution in [0.15, 0.2) is 42.6 Å². The molecule has 3 rings (SSSR count). The van der Waals surface area contributed by atoms with E-state index in [0.29, 0.717) is 44.7 Å². The van der Waals surface area contributed by atoms with Crippen molar-refractivity contribution < 1.29 is 9.47 Å². The van der Waals surface area contributed by atoms with Crippen LogP contribution in [0.25, 0.3) is 0 Å². The molecule has 0 spiro atoms. The van der Waals surface area contributed by atoms with Crippen LogP contribution < -0.4 is 20.1 Å². The first-order valence-electron chi connectivity index (χ1n) is 7.49. The van der Waals surface area contributed by atoms with E-state index in [4.69, 9.17) is 32.7 Å². The molecule has 1 aromatic heterocycles. The quantitative estimate of drug-likeness (QED) is 0.630. The Balaban J connectivity index is 1.81. The van der Waals surface area contributed by atoms with E-state index >= 15 is 0 Å². The molecule has 0 amide bonds. The summed E-state index contributed by atoms with van der Waals surface area (Å²) in [5, 5.41) is 15.1. The fourth-order valence-electron chi connectivity index (χ4n) is 2.21. The SMILES string of the molecule is COc1ccc(Nc2nncc(Nc3cc(Cl)cc(Cl)c3)n2)c(OC)c1. The average Bonchev–Trinajstić information content (AvgIpc) is 2.61. The van der Waals surface area contributed by atoms with Gasteiger partial charge >= 0.3 is 0 Å². The van der Waals surface area contributed by atoms with Crippen molar-refractivity contribution in [3.05, 3.63) is 52.6 Å². The molecule has 0 unspecified atom stereocenters. The van der Waals surface area contributed by atoms with Crippen molar-refractivity contribution in [3.63, 3.8) is 0 Å². The molecule has 0 fully saturated rings. The fourth-order valence-corrected chi connectivity index (χ4v) is 2.74. The number of ether oxygens (including phenoxy) is 2. The maximum Gasteiger partial charge on any atom is 0.249 e. The third-order valence-electron chi connectivity index (χ3n) is 3.35. The number of hydrogen-bond donors (Lipinski definition) is 2. The van der Waals surface area contributed by atoms with Crippen molar-refractivity contribution in [2.24, 2.45) is 0 Å². The van der Waals surface area contributed by atoms with E-state index in [1.165, 1.54) is 6.20 Å². The second-order valence-corrected chi connectivity index (χ2v) is 6.01. The number of hydrogen-bond acceptors (Lipinski definition) is 7. The lowest BCUT2D eigenvalue weighted by atomic mass is 10.2. The van der Waals surface area contributed by atoms with Crippen LogP contribution in [-0.2, 0) is 0 Å². The monoisotopic (exact) mass is 391 g/mol. The summed E-state index contributed by atoms with van der Waals surface area (Å²) in [4.78, 5) is 4.37. The van der Waals surface area contributed by atoms with Gasteiger partial charge in [0, 0.05) is 21.8 Å². The van der Waals surface area contributed by atoms with Gasteiger partial charge in [0.1, 0.15) is 11.5 Å². The molecule has 1 heterocycles. The Kier molecular flexibility index (Phi) is 5.60. The third-order valence-corrected chi connectivity index (χ3v) is 3.79. The Hall–Kier alpha value is -2.77. The van der Waals surface area contributed by atoms with Gasteiger partial charge in [0.25, 0.3) is 0 Å². The first-order chi connectivity index (χ1) is 12.6. The fraction of sp³-hybridized carbons (Fsp3) is 0.118. The second kappa shape index (κ2) is 8.07. The molecule has 0 aliphatic rings. The highest BCUT2D eigenvalue weighted by Gasteiger charge is 2.08. The summed E-state index contributed by atoms with van der Waals surface area (Å²) in [5.74, 6) is 2.05. The molecule has 26 heavy (non-hydrogen) atoms. The van der Waals surface area contributed by atoms with E-state index < -0.39 is 0 Å². The summed E-state index contributed by atoms with van der Waals surface area (Å²) in [6.45, 7) is 0. The van der Waals surface area contributed by atoms with Gasteiger partial charge in [-0.25, -0.2) is 0 Å². The van der Waals surface area contributed by atoms with Gasteiger partial charge in [-0.15, -0.1) is 5.10 Å². The molecule has 2 aromatic carbocycles. The summed E-state index contributed by atoms with van der Waals surface area (Å²) in [6.07, 6.45) is 1.49. The minimum atomic E-state index is 0.298. The number of halogens is 2. The average molecular weight is 392 g/mol. The molecule has 7 nitrogen and oxygen atoms in total. The minimum absolute atomic E-state index is 0.298. The Bertz CT molecular complexity index is 903. The number of nitrogens with one attached hydrogen (secondary N) is 2. The van der Waals surface area contributed by atoms with Crippen LogP contribution in [0.1, 0.15) is 0 Å². The highest BCUT2D eigenvalue weighted by atomic mass is 35.5. The van der Waals surface area contributed by atoms with Crippen LogP contribution in [-0.4, -0.2) is 29.4 Å². The van der Waals surface area contributed by atoms with Gasteiger partial charge < -0.3 is 20.1 Å². The Morgan fingerprint density at radius 1 is 0.923 bits per heavy atom. The first kappa shape index (κ1) is 18.0. The van der Waals surface area contributed by atoms with Crippen LogP contribution in [0.3, 0.4) is 0 Å². The smallest absolute Gasteiger partial charge is 0.249 e. The highest BCUT2D eigenvalue weighted by molar-refractivity contribution is 6.35. The van der Waals surface area contributed by atoms with Crippen LogP contribution in [0, 0.1) is 0 Å². The van der Waals surface area contributed by atoms with Crippen molar-refractivity contribution in [3.8, 4) is 11.5 Å². The van der Waals surface area contributed by atoms with Crippen LogP contribution in [0.5, 0.6) is 11.5 Å². The summed E-state index contributed by atoms with van der Waals surface area (Å²) < 4.78 is 10.5. The van der Waals surface area contributed by atoms with E-state index in [9.17, 15) is 0 Å². The molecular weight excluding hydrogens is 377 g/mol. The zero-order chi connectivity index (χ0) is 18.5. The lowest BCUT2D eigenvalue weighted by Gasteiger charge is -2.12. The van der Waals surface area contributed by atoms with E-state index in [0.717, 1.165) is 0 Å². The van der Waals surface area contributed by atoms with Crippen molar-refractivity contribution in [1.82, 2.24) is 15.2 Å². The molecular formula is C17H15Cl2N5O2. The van der Waals surface area contributed by atoms with E-state index in [-0.39, 0.29) is 0 Å². The number of methoxy groups -OCH3 is 2. The van der Waals surface area contributed by atoms with Crippen molar-refractivity contribution in [2.75, 3.05) is 24.9 Å². The van der Waals surface area contributed by atoms with Gasteiger partial charge in [-0.05, 0) is 30.3 Å². The lowest BCUT2D eigenvalue weighted by molar-refractivity contribution is 0.395. The van der Waals surface area contributed by atoms with Gasteiger partial charge in [-0.3, -0.25) is 0 Å². The molecule has 0 atom stereocenters. The molecule has 0 aliphatic carbocycles. The van der Waals surface area contributed by atoms with E-state index in [2.05, 4.69) is 25.8 Å². The highest BCUT2D eigenvalue weighted by Crippen LogP contribution is 2.31. The Labute approximate surface area is 160 Å². The molecule has 2 N–H and O–H groups in total. The van der Waals surface area contributed by atoms with Crippen LogP contribution in [0.2, 0.25) is 10.0 Å². The Morgan fingerprint density at radius 3 is 2.38 bits per heavy atom. The lowest BCUT2D eigenvalue weighted by Crippen LogP contribution is -2.03. The molecule has 0 saturated heterocycles. The molecule has 0 radical (unpaired) electrons. The number of anilines is 4. The molecule has 0 saturated carbocycles. The number of benzene rings is 2. The number of aromatic nitrogens is 3. The maximum absolute atomic E-state index is 6.00. The molecule has 9 heteroatoms. The third kappa shape index (κ3) is 4.44. The zero-order valence-corrected chi connectivity index (χ0v) is 15.5. The van der Waals surface area contributed by atoms with Gasteiger partial charge in [0.05, 0.1) is 26.1 Å². The van der Waals surface area contributed by atoms with Gasteiger partial charge in [0.15, 0.2) is 5.82 Å². The van der Waals surface area contributed by atoms with E-state index in [1.807, 2.05) is 0 Å². The standard InChI is InChI=1S/C17H15Cl2N5O2/c1-25-13-3-4-14(15(8-13)26-2)22-17-23-16(9-20-24-17)21-12-6-10(18)5-11(19)7-12/h3-9H,1-2H3,(H2,21,22,23,24). The number of rotatable bonds is 6. The topological polar surface area (TPSA) is 81.2 Å². The number of nitrogens with zero attached hydrogens (tertiary/aromatic N) is 3. The van der Waals surface area contributed by atoms with Gasteiger partial charge in [-0.1, -0.05) is 23.2 Å². The summed E-state index contributed by atoms with van der Waals surface area (Å²) in [6, 6.07) is 10.5. The summed E-state index contributed by atoms with van der Waals surface area (Å²) >= 11 is 12.0. The molecule has 134 valence electrons. The van der Waals surface area contributed by atoms with Crippen LogP contribution >= 0.6 is 23.2 Å². The Morgan fingerprint density at radius 2 is 1.69 bits per heavy atom. The van der Waals surface area contributed by atoms with Crippen molar-refractivity contribution in [1.29, 1.82) is 0 Å². The minimum Gasteiger partial charge on any atom is -0.497 e. The van der Waals surface area contributed by atoms with E-state index in [1.54, 1.807) is 50.6 Å². The maximum atomic E-state index is 6.00. The first-order valence-corrected chi connectivity index (χ1v) is 8.25. The molecule has 3 aromatic rings. The molecule has 0 aliphatic heterocycles. The normalized spacial score (nSPS) is 10.3. The van der Waals surface area contributed by atoms with Crippen molar-refractivity contribution >= 4 is 46.3 Å². The largest absolute Gasteiger partial charge is 0.497 e. The summed E-state index contributed by atoms with van der Waals surface area (Å²) in [5.41, 5.74) is 1.37. The predicted octanol–water partition coefficient (Wildman–Crippen LogP) is 4.68. The summed E-state index contributed by atoms with van der Waals surface area (Å²) in [7, 11) is 3.16. The second-order valence-electron chi connectivity index (χ2n) is 5.14. The van der Waals surface area contributed by atoms with Gasteiger partial charge in [0.2, 0.25) is 5.95 Å². The predicted molar refractivity (Wildman–Crippen MR) is 102 cm³/mol.